The van der Waals surface area contributed by atoms with Crippen molar-refractivity contribution in [3.05, 3.63) is 175 Å². The Kier molecular flexibility index (Phi) is 32.6. The smallest absolute Gasteiger partial charge is 1.00 e. The van der Waals surface area contributed by atoms with Crippen LogP contribution in [0, 0.1) is 5.34 Å². The van der Waals surface area contributed by atoms with Gasteiger partial charge in [0, 0.05) is 33.6 Å². The summed E-state index contributed by atoms with van der Waals surface area (Å²) >= 11 is 23.7. The Balaban J connectivity index is 0. The van der Waals surface area contributed by atoms with Crippen molar-refractivity contribution in [1.29, 1.82) is 0 Å². The first-order chi connectivity index (χ1) is 23.0. The standard InChI is InChI=1S/2C17H15N2P.CHCl3.CHCl2.3ClH.Pt/c2*1-3-9-15(10-4-1)20(16-11-5-2-6-12-16)19-17-13-7-8-14-18-17;2-1(3)4;2-1-3;;;;/h2*1-14H,(H,18,19);1H;1H;3*1H;/q;;;-1;;;;+4/p-3. The van der Waals surface area contributed by atoms with Gasteiger partial charge in [0.2, 0.25) is 0 Å². The molecule has 0 aliphatic heterocycles. The van der Waals surface area contributed by atoms with Crippen LogP contribution in [0.1, 0.15) is 0 Å². The Hall–Kier alpha value is -1.35. The molecule has 4 aromatic carbocycles. The first-order valence-electron chi connectivity index (χ1n) is 14.1. The molecule has 0 atom stereocenters. The Morgan fingerprint density at radius 3 is 0.843 bits per heavy atom. The van der Waals surface area contributed by atoms with Gasteiger partial charge >= 0.3 is 21.1 Å². The van der Waals surface area contributed by atoms with Crippen LogP contribution in [0.3, 0.4) is 0 Å². The molecular formula is C36H32Cl8N4P2Pt. The molecular weight excluding hydrogens is 1030 g/mol. The first-order valence-corrected chi connectivity index (χ1v) is 19.0. The molecule has 0 saturated heterocycles. The number of halogens is 8. The number of hydrogen-bond donors (Lipinski definition) is 2. The SMILES string of the molecule is ClC(Cl)Cl.Cl[CH-]Cl.[Cl-].[Cl-].[Cl-].[Pt+4].c1ccc(P(Nc2ccccn2)c2ccccc2)cc1.c1ccc(P(Nc2ccccn2)c2ccccc2)cc1. The second-order valence-corrected chi connectivity index (χ2v) is 15.5. The molecule has 6 rings (SSSR count). The predicted octanol–water partition coefficient (Wildman–Crippen LogP) is 1.66. The Morgan fingerprint density at radius 1 is 0.431 bits per heavy atom. The maximum absolute atomic E-state index is 4.81. The molecule has 0 amide bonds. The summed E-state index contributed by atoms with van der Waals surface area (Å²) in [4.78, 5) is 8.75. The van der Waals surface area contributed by atoms with Crippen molar-refractivity contribution < 1.29 is 58.3 Å². The molecule has 0 radical (unpaired) electrons. The molecule has 2 heterocycles. The fourth-order valence-electron chi connectivity index (χ4n) is 3.95. The van der Waals surface area contributed by atoms with Crippen molar-refractivity contribution in [3.8, 4) is 0 Å². The zero-order valence-electron chi connectivity index (χ0n) is 26.4. The van der Waals surface area contributed by atoms with Crippen LogP contribution in [0.25, 0.3) is 0 Å². The summed E-state index contributed by atoms with van der Waals surface area (Å²) in [5, 5.41) is 13.2. The van der Waals surface area contributed by atoms with Crippen molar-refractivity contribution in [1.82, 2.24) is 9.97 Å². The van der Waals surface area contributed by atoms with Gasteiger partial charge in [0.1, 0.15) is 11.6 Å². The number of nitrogens with zero attached hydrogens (tertiary/aromatic N) is 2. The zero-order valence-corrected chi connectivity index (χ0v) is 36.6. The van der Waals surface area contributed by atoms with Crippen LogP contribution < -0.4 is 68.6 Å². The topological polar surface area (TPSA) is 49.8 Å². The number of rotatable bonds is 8. The van der Waals surface area contributed by atoms with Crippen LogP contribution in [-0.4, -0.2) is 14.3 Å². The molecule has 0 saturated carbocycles. The quantitative estimate of drug-likeness (QED) is 0.139. The molecule has 0 fully saturated rings. The fraction of sp³-hybridized carbons (Fsp3) is 0.0278. The number of aromatic nitrogens is 2. The van der Waals surface area contributed by atoms with E-state index in [1.54, 1.807) is 0 Å². The van der Waals surface area contributed by atoms with Crippen molar-refractivity contribution in [3.63, 3.8) is 0 Å². The fourth-order valence-corrected chi connectivity index (χ4v) is 7.67. The molecule has 0 unspecified atom stereocenters. The second-order valence-electron chi connectivity index (χ2n) is 9.00. The van der Waals surface area contributed by atoms with Gasteiger partial charge in [-0.15, -0.1) is 0 Å². The number of alkyl halides is 3. The van der Waals surface area contributed by atoms with Crippen LogP contribution in [0.4, 0.5) is 11.6 Å². The Morgan fingerprint density at radius 2 is 0.647 bits per heavy atom. The minimum absolute atomic E-state index is 0. The van der Waals surface area contributed by atoms with Gasteiger partial charge in [-0.25, -0.2) is 9.97 Å². The van der Waals surface area contributed by atoms with E-state index in [2.05, 4.69) is 140 Å². The monoisotopic (exact) mass is 1060 g/mol. The van der Waals surface area contributed by atoms with E-state index >= 15 is 0 Å². The maximum atomic E-state index is 4.81. The van der Waals surface area contributed by atoms with Crippen LogP contribution in [0.15, 0.2) is 170 Å². The molecule has 272 valence electrons. The number of anilines is 2. The number of benzene rings is 4. The predicted molar refractivity (Wildman–Crippen MR) is 211 cm³/mol. The van der Waals surface area contributed by atoms with E-state index in [1.807, 2.05) is 73.1 Å². The molecule has 51 heavy (non-hydrogen) atoms. The van der Waals surface area contributed by atoms with Gasteiger partial charge in [0.25, 0.3) is 0 Å². The number of hydrogen-bond acceptors (Lipinski definition) is 4. The van der Waals surface area contributed by atoms with Crippen LogP contribution in [0.2, 0.25) is 0 Å². The third kappa shape index (κ3) is 21.2. The number of pyridine rings is 2. The minimum atomic E-state index is -0.750. The third-order valence-corrected chi connectivity index (χ3v) is 10.0. The van der Waals surface area contributed by atoms with Crippen molar-refractivity contribution >= 4 is 107 Å². The molecule has 0 spiro atoms. The van der Waals surface area contributed by atoms with E-state index in [9.17, 15) is 0 Å². The average Bonchev–Trinajstić information content (AvgIpc) is 3.12. The molecule has 15 heteroatoms. The molecule has 0 bridgehead atoms. The Labute approximate surface area is 361 Å². The van der Waals surface area contributed by atoms with Gasteiger partial charge in [0.15, 0.2) is 4.30 Å². The maximum Gasteiger partial charge on any atom is 4.00 e. The summed E-state index contributed by atoms with van der Waals surface area (Å²) in [6, 6.07) is 53.9. The summed E-state index contributed by atoms with van der Waals surface area (Å²) in [6.07, 6.45) is 3.62. The van der Waals surface area contributed by atoms with Crippen LogP contribution in [0.5, 0.6) is 0 Å². The molecule has 6 aromatic rings. The van der Waals surface area contributed by atoms with Gasteiger partial charge in [-0.05, 0) is 24.3 Å². The Bertz CT molecular complexity index is 1430. The van der Waals surface area contributed by atoms with E-state index in [0.29, 0.717) is 0 Å². The van der Waals surface area contributed by atoms with E-state index < -0.39 is 20.4 Å². The van der Waals surface area contributed by atoms with Gasteiger partial charge < -0.3 is 70.6 Å². The summed E-state index contributed by atoms with van der Waals surface area (Å²) in [5.41, 5.74) is 0. The van der Waals surface area contributed by atoms with E-state index in [1.165, 1.54) is 21.2 Å². The molecule has 2 aromatic heterocycles. The van der Waals surface area contributed by atoms with Crippen LogP contribution in [-0.2, 0) is 21.1 Å². The average molecular weight is 1060 g/mol. The van der Waals surface area contributed by atoms with Gasteiger partial charge in [-0.3, -0.25) is 0 Å². The largest absolute Gasteiger partial charge is 4.00 e. The van der Waals surface area contributed by atoms with Gasteiger partial charge in [-0.1, -0.05) is 168 Å². The zero-order chi connectivity index (χ0) is 33.5. The van der Waals surface area contributed by atoms with Crippen molar-refractivity contribution in [2.75, 3.05) is 10.2 Å². The van der Waals surface area contributed by atoms with E-state index in [-0.39, 0.29) is 58.3 Å². The second kappa shape index (κ2) is 32.1. The number of nitrogens with one attached hydrogen (secondary N) is 2. The van der Waals surface area contributed by atoms with E-state index in [0.717, 1.165) is 17.0 Å². The van der Waals surface area contributed by atoms with Crippen LogP contribution >= 0.6 is 74.1 Å². The van der Waals surface area contributed by atoms with Crippen molar-refractivity contribution in [2.45, 2.75) is 4.30 Å². The third-order valence-electron chi connectivity index (χ3n) is 5.84. The summed E-state index contributed by atoms with van der Waals surface area (Å²) < 4.78 is -0.750. The summed E-state index contributed by atoms with van der Waals surface area (Å²) in [7, 11) is -1.28. The summed E-state index contributed by atoms with van der Waals surface area (Å²) in [5.74, 6) is 1.82. The normalized spacial score (nSPS) is 9.25. The molecule has 0 aliphatic carbocycles. The summed E-state index contributed by atoms with van der Waals surface area (Å²) in [6.45, 7) is 0. The van der Waals surface area contributed by atoms with Gasteiger partial charge in [-0.2, -0.15) is 5.34 Å². The first kappa shape index (κ1) is 51.8. The minimum Gasteiger partial charge on any atom is -1.00 e. The van der Waals surface area contributed by atoms with E-state index in [4.69, 9.17) is 34.8 Å². The molecule has 4 nitrogen and oxygen atoms in total. The molecule has 2 N–H and O–H groups in total. The van der Waals surface area contributed by atoms with Crippen molar-refractivity contribution in [2.24, 2.45) is 0 Å². The molecule has 0 aliphatic rings. The van der Waals surface area contributed by atoms with Gasteiger partial charge in [0.05, 0.1) is 16.1 Å².